The third-order valence-corrected chi connectivity index (χ3v) is 10.5. The van der Waals surface area contributed by atoms with Crippen LogP contribution in [0.25, 0.3) is 21.8 Å². The van der Waals surface area contributed by atoms with Crippen LogP contribution in [0.1, 0.15) is 85.6 Å². The van der Waals surface area contributed by atoms with Crippen molar-refractivity contribution in [2.45, 2.75) is 50.3 Å². The molecular formula is C35H30FN5O5S. The molecule has 2 N–H and O–H groups in total. The fourth-order valence-corrected chi connectivity index (χ4v) is 8.22. The van der Waals surface area contributed by atoms with E-state index in [1.54, 1.807) is 25.3 Å². The molecule has 1 fully saturated rings. The first-order valence-corrected chi connectivity index (χ1v) is 16.4. The minimum Gasteiger partial charge on any atom is -0.377 e. The van der Waals surface area contributed by atoms with Gasteiger partial charge in [0.1, 0.15) is 5.82 Å². The van der Waals surface area contributed by atoms with Crippen molar-refractivity contribution in [3.8, 4) is 21.8 Å². The number of hydrogen-bond donors (Lipinski definition) is 2. The van der Waals surface area contributed by atoms with Gasteiger partial charge in [0.2, 0.25) is 0 Å². The van der Waals surface area contributed by atoms with E-state index in [1.165, 1.54) is 23.5 Å². The lowest BCUT2D eigenvalue weighted by atomic mass is 9.93. The molecule has 1 saturated heterocycles. The maximum atomic E-state index is 14.0. The zero-order valence-electron chi connectivity index (χ0n) is 25.4. The molecule has 10 nitrogen and oxygen atoms in total. The quantitative estimate of drug-likeness (QED) is 0.213. The van der Waals surface area contributed by atoms with Crippen LogP contribution in [0.3, 0.4) is 0 Å². The molecule has 3 atom stereocenters. The van der Waals surface area contributed by atoms with Crippen LogP contribution in [0, 0.1) is 5.82 Å². The van der Waals surface area contributed by atoms with Crippen molar-refractivity contribution in [3.05, 3.63) is 116 Å². The lowest BCUT2D eigenvalue weighted by molar-refractivity contribution is 0.0775. The fraction of sp³-hybridized carbons (Fsp3) is 0.286. The van der Waals surface area contributed by atoms with E-state index in [0.29, 0.717) is 63.6 Å². The molecule has 8 rings (SSSR count). The summed E-state index contributed by atoms with van der Waals surface area (Å²) in [5.41, 5.74) is 5.84. The molecule has 2 aromatic carbocycles. The summed E-state index contributed by atoms with van der Waals surface area (Å²) in [6.07, 6.45) is 3.17. The molecule has 5 heterocycles. The van der Waals surface area contributed by atoms with Gasteiger partial charge in [-0.1, -0.05) is 41.6 Å². The molecule has 0 radical (unpaired) electrons. The molecule has 47 heavy (non-hydrogen) atoms. The molecule has 5 aromatic rings. The zero-order chi connectivity index (χ0) is 32.2. The first-order valence-electron chi connectivity index (χ1n) is 15.6. The van der Waals surface area contributed by atoms with Gasteiger partial charge in [0.25, 0.3) is 11.8 Å². The van der Waals surface area contributed by atoms with Gasteiger partial charge in [0, 0.05) is 30.5 Å². The summed E-state index contributed by atoms with van der Waals surface area (Å²) in [6.45, 7) is 0.629. The molecule has 12 heteroatoms. The van der Waals surface area contributed by atoms with Crippen molar-refractivity contribution in [2.75, 3.05) is 13.7 Å². The van der Waals surface area contributed by atoms with E-state index in [1.807, 2.05) is 35.2 Å². The van der Waals surface area contributed by atoms with E-state index in [0.717, 1.165) is 29.5 Å². The molecule has 0 unspecified atom stereocenters. The monoisotopic (exact) mass is 651 g/mol. The topological polar surface area (TPSA) is 130 Å². The van der Waals surface area contributed by atoms with Gasteiger partial charge >= 0.3 is 5.76 Å². The van der Waals surface area contributed by atoms with Crippen molar-refractivity contribution in [3.63, 3.8) is 0 Å². The Kier molecular flexibility index (Phi) is 7.33. The Morgan fingerprint density at radius 2 is 1.87 bits per heavy atom. The van der Waals surface area contributed by atoms with Crippen LogP contribution in [0.2, 0.25) is 0 Å². The number of carbonyl (C=O) groups is 2. The number of amides is 2. The van der Waals surface area contributed by atoms with Crippen molar-refractivity contribution in [1.29, 1.82) is 0 Å². The van der Waals surface area contributed by atoms with Crippen LogP contribution in [0.5, 0.6) is 0 Å². The van der Waals surface area contributed by atoms with Gasteiger partial charge in [0.05, 0.1) is 45.6 Å². The van der Waals surface area contributed by atoms with Gasteiger partial charge in [-0.3, -0.25) is 24.1 Å². The fourth-order valence-electron chi connectivity index (χ4n) is 7.26. The van der Waals surface area contributed by atoms with Crippen LogP contribution < -0.4 is 11.1 Å². The Labute approximate surface area is 272 Å². The summed E-state index contributed by atoms with van der Waals surface area (Å²) in [7, 11) is 1.67. The maximum absolute atomic E-state index is 14.0. The minimum atomic E-state index is -0.736. The van der Waals surface area contributed by atoms with E-state index < -0.39 is 5.76 Å². The van der Waals surface area contributed by atoms with Gasteiger partial charge < -0.3 is 15.0 Å². The van der Waals surface area contributed by atoms with Crippen LogP contribution in [-0.4, -0.2) is 45.5 Å². The largest absolute Gasteiger partial charge is 0.439 e. The molecule has 0 saturated carbocycles. The van der Waals surface area contributed by atoms with Crippen LogP contribution in [-0.2, 0) is 17.6 Å². The Bertz CT molecular complexity index is 2090. The normalized spacial score (nSPS) is 19.6. The number of hydrogen-bond acceptors (Lipinski definition) is 8. The molecule has 0 spiro atoms. The van der Waals surface area contributed by atoms with E-state index in [9.17, 15) is 18.8 Å². The first kappa shape index (κ1) is 29.5. The Hall–Kier alpha value is -4.94. The predicted octanol–water partition coefficient (Wildman–Crippen LogP) is 5.93. The number of carbonyl (C=O) groups excluding carboxylic acids is 2. The van der Waals surface area contributed by atoms with Crippen LogP contribution >= 0.6 is 11.3 Å². The molecule has 2 amide bonds. The van der Waals surface area contributed by atoms with Crippen molar-refractivity contribution in [2.24, 2.45) is 0 Å². The molecular weight excluding hydrogens is 621 g/mol. The second-order valence-electron chi connectivity index (χ2n) is 12.1. The highest BCUT2D eigenvalue weighted by Gasteiger charge is 2.44. The second kappa shape index (κ2) is 11.7. The number of fused-ring (bicyclic) bond motifs is 4. The van der Waals surface area contributed by atoms with Crippen molar-refractivity contribution in [1.82, 2.24) is 25.3 Å². The average molecular weight is 652 g/mol. The molecule has 1 aliphatic carbocycles. The summed E-state index contributed by atoms with van der Waals surface area (Å²) in [5, 5.41) is 7.20. The van der Waals surface area contributed by atoms with E-state index in [4.69, 9.17) is 14.2 Å². The molecule has 238 valence electrons. The number of H-pyrrole nitrogens is 1. The Morgan fingerprint density at radius 3 is 2.64 bits per heavy atom. The number of aromatic amines is 1. The number of rotatable bonds is 8. The van der Waals surface area contributed by atoms with Crippen LogP contribution in [0.4, 0.5) is 4.39 Å². The standard InChI is InChI=1S/C35H30FN5O5S/c1-45-25-17-23(20-5-2-3-6-21(20)25)38-33(42)27-15-14-26(47-27)29-28(32-39-35(44)46-40-32)22(13-10-18-8-11-19(36)12-9-18)37-31-24-7-4-16-41(24)34(43)30(29)31/h2-3,5-6,8-9,11-12,14-15,23-25H,4,7,10,13,16-17H2,1H3,(H,38,42)(H,39,40,44)/t23-,24+,25-/m1/s1. The van der Waals surface area contributed by atoms with E-state index in [-0.39, 0.29) is 41.6 Å². The number of benzene rings is 2. The SMILES string of the molecule is CO[C@@H]1C[C@@H](NC(=O)c2ccc(-c3c4c(nc(CCc5ccc(F)cc5)c3-c3noc(=O)[nH]3)[C@@H]3CCCN3C4=O)s2)c2ccccc21. The van der Waals surface area contributed by atoms with Crippen molar-refractivity contribution < 1.29 is 23.2 Å². The highest BCUT2D eigenvalue weighted by molar-refractivity contribution is 7.17. The van der Waals surface area contributed by atoms with Gasteiger partial charge in [-0.2, -0.15) is 0 Å². The summed E-state index contributed by atoms with van der Waals surface area (Å²) in [4.78, 5) is 50.6. The number of thiophene rings is 1. The van der Waals surface area contributed by atoms with Gasteiger partial charge in [0.15, 0.2) is 5.82 Å². The summed E-state index contributed by atoms with van der Waals surface area (Å²) >= 11 is 1.27. The second-order valence-corrected chi connectivity index (χ2v) is 13.2. The highest BCUT2D eigenvalue weighted by Crippen LogP contribution is 2.49. The smallest absolute Gasteiger partial charge is 0.377 e. The number of aryl methyl sites for hydroxylation is 2. The lowest BCUT2D eigenvalue weighted by Gasteiger charge is -2.16. The number of aromatic nitrogens is 3. The highest BCUT2D eigenvalue weighted by atomic mass is 32.1. The lowest BCUT2D eigenvalue weighted by Crippen LogP contribution is -2.26. The number of methoxy groups -OCH3 is 1. The number of pyridine rings is 1. The predicted molar refractivity (Wildman–Crippen MR) is 172 cm³/mol. The summed E-state index contributed by atoms with van der Waals surface area (Å²) in [6, 6.07) is 17.5. The van der Waals surface area contributed by atoms with Gasteiger partial charge in [-0.15, -0.1) is 11.3 Å². The zero-order valence-corrected chi connectivity index (χ0v) is 26.2. The number of halogens is 1. The Morgan fingerprint density at radius 1 is 1.06 bits per heavy atom. The van der Waals surface area contributed by atoms with Crippen molar-refractivity contribution >= 4 is 23.2 Å². The first-order chi connectivity index (χ1) is 22.9. The third-order valence-electron chi connectivity index (χ3n) is 9.42. The number of ether oxygens (including phenoxy) is 1. The molecule has 3 aromatic heterocycles. The minimum absolute atomic E-state index is 0.101. The number of nitrogens with one attached hydrogen (secondary N) is 2. The van der Waals surface area contributed by atoms with Crippen LogP contribution in [0.15, 0.2) is 70.0 Å². The molecule has 2 aliphatic heterocycles. The molecule has 0 bridgehead atoms. The molecule has 3 aliphatic rings. The number of nitrogens with zero attached hydrogens (tertiary/aromatic N) is 3. The summed E-state index contributed by atoms with van der Waals surface area (Å²) in [5.74, 6) is -1.26. The van der Waals surface area contributed by atoms with Gasteiger partial charge in [-0.25, -0.2) is 9.18 Å². The van der Waals surface area contributed by atoms with Gasteiger partial charge in [-0.05, 0) is 66.6 Å². The summed E-state index contributed by atoms with van der Waals surface area (Å²) < 4.78 is 24.2. The van der Waals surface area contributed by atoms with E-state index in [2.05, 4.69) is 15.5 Å². The van der Waals surface area contributed by atoms with E-state index >= 15 is 0 Å². The average Bonchev–Trinajstić information content (AvgIpc) is 3.92. The maximum Gasteiger partial charge on any atom is 0.439 e. The Balaban J connectivity index is 1.22. The third kappa shape index (κ3) is 5.08.